The lowest BCUT2D eigenvalue weighted by Crippen LogP contribution is -2.47. The number of carbonyl (C=O) groups excluding carboxylic acids is 1. The standard InChI is InChI=1S/C20H25N3O4S/c1-22(28(2,25)26)18-8-11-23(12-9-18)20(24)17-6-3-7-19(13-17)27-15-16-5-4-10-21-14-16/h3-7,10,13-14,18H,8-9,11-12,15H2,1-2H3. The van der Waals surface area contributed by atoms with Gasteiger partial charge in [0.05, 0.1) is 6.26 Å². The minimum absolute atomic E-state index is 0.0619. The van der Waals surface area contributed by atoms with Gasteiger partial charge in [-0.05, 0) is 37.1 Å². The lowest BCUT2D eigenvalue weighted by Gasteiger charge is -2.35. The Labute approximate surface area is 166 Å². The summed E-state index contributed by atoms with van der Waals surface area (Å²) in [6, 6.07) is 10.9. The molecule has 150 valence electrons. The number of sulfonamides is 1. The molecule has 0 saturated carbocycles. The van der Waals surface area contributed by atoms with Gasteiger partial charge in [-0.1, -0.05) is 12.1 Å². The van der Waals surface area contributed by atoms with Crippen LogP contribution in [0.2, 0.25) is 0 Å². The quantitative estimate of drug-likeness (QED) is 0.738. The number of aromatic nitrogens is 1. The second-order valence-electron chi connectivity index (χ2n) is 6.98. The Kier molecular flexibility index (Phi) is 6.31. The zero-order valence-electron chi connectivity index (χ0n) is 16.1. The first-order valence-corrected chi connectivity index (χ1v) is 11.0. The summed E-state index contributed by atoms with van der Waals surface area (Å²) < 4.78 is 30.6. The summed E-state index contributed by atoms with van der Waals surface area (Å²) in [6.45, 7) is 1.45. The number of benzene rings is 1. The van der Waals surface area contributed by atoms with Crippen LogP contribution in [0.5, 0.6) is 5.75 Å². The SMILES string of the molecule is CN(C1CCN(C(=O)c2cccc(OCc3cccnc3)c2)CC1)S(C)(=O)=O. The van der Waals surface area contributed by atoms with Crippen molar-refractivity contribution in [1.82, 2.24) is 14.2 Å². The number of rotatable bonds is 6. The summed E-state index contributed by atoms with van der Waals surface area (Å²) in [5.41, 5.74) is 1.52. The molecule has 0 N–H and O–H groups in total. The van der Waals surface area contributed by atoms with Crippen LogP contribution in [-0.4, -0.2) is 60.9 Å². The molecule has 0 radical (unpaired) electrons. The van der Waals surface area contributed by atoms with Crippen LogP contribution in [0.3, 0.4) is 0 Å². The Bertz CT molecular complexity index is 910. The molecular formula is C20H25N3O4S. The van der Waals surface area contributed by atoms with Gasteiger partial charge < -0.3 is 9.64 Å². The molecule has 1 aliphatic heterocycles. The van der Waals surface area contributed by atoms with Gasteiger partial charge in [-0.3, -0.25) is 9.78 Å². The summed E-state index contributed by atoms with van der Waals surface area (Å²) in [5, 5.41) is 0. The van der Waals surface area contributed by atoms with E-state index in [9.17, 15) is 13.2 Å². The smallest absolute Gasteiger partial charge is 0.253 e. The maximum atomic E-state index is 12.8. The highest BCUT2D eigenvalue weighted by Gasteiger charge is 2.29. The van der Waals surface area contributed by atoms with E-state index in [1.165, 1.54) is 10.6 Å². The minimum atomic E-state index is -3.22. The molecule has 1 fully saturated rings. The zero-order valence-corrected chi connectivity index (χ0v) is 16.9. The fourth-order valence-electron chi connectivity index (χ4n) is 3.26. The first-order valence-electron chi connectivity index (χ1n) is 9.18. The van der Waals surface area contributed by atoms with Gasteiger partial charge in [0.1, 0.15) is 12.4 Å². The topological polar surface area (TPSA) is 79.8 Å². The molecule has 1 saturated heterocycles. The molecule has 0 unspecified atom stereocenters. The minimum Gasteiger partial charge on any atom is -0.489 e. The van der Waals surface area contributed by atoms with Crippen LogP contribution in [0.15, 0.2) is 48.8 Å². The molecule has 8 heteroatoms. The molecule has 2 heterocycles. The van der Waals surface area contributed by atoms with Crippen molar-refractivity contribution in [3.05, 3.63) is 59.9 Å². The Morgan fingerprint density at radius 1 is 1.25 bits per heavy atom. The fourth-order valence-corrected chi connectivity index (χ4v) is 4.01. The van der Waals surface area contributed by atoms with Gasteiger partial charge in [0.25, 0.3) is 5.91 Å². The van der Waals surface area contributed by atoms with E-state index in [1.807, 2.05) is 18.2 Å². The van der Waals surface area contributed by atoms with Crippen molar-refractivity contribution >= 4 is 15.9 Å². The molecule has 2 aromatic rings. The number of hydrogen-bond donors (Lipinski definition) is 0. The molecular weight excluding hydrogens is 378 g/mol. The lowest BCUT2D eigenvalue weighted by molar-refractivity contribution is 0.0686. The van der Waals surface area contributed by atoms with Crippen molar-refractivity contribution in [2.75, 3.05) is 26.4 Å². The summed E-state index contributed by atoms with van der Waals surface area (Å²) >= 11 is 0. The molecule has 1 aliphatic rings. The van der Waals surface area contributed by atoms with E-state index in [-0.39, 0.29) is 11.9 Å². The van der Waals surface area contributed by atoms with Crippen molar-refractivity contribution in [3.8, 4) is 5.75 Å². The highest BCUT2D eigenvalue weighted by atomic mass is 32.2. The number of hydrogen-bond acceptors (Lipinski definition) is 5. The number of likely N-dealkylation sites (tertiary alicyclic amines) is 1. The van der Waals surface area contributed by atoms with Gasteiger partial charge in [0, 0.05) is 49.7 Å². The zero-order chi connectivity index (χ0) is 20.1. The van der Waals surface area contributed by atoms with Crippen LogP contribution < -0.4 is 4.74 Å². The van der Waals surface area contributed by atoms with Gasteiger partial charge >= 0.3 is 0 Å². The van der Waals surface area contributed by atoms with Crippen LogP contribution in [0, 0.1) is 0 Å². The third-order valence-electron chi connectivity index (χ3n) is 5.00. The highest BCUT2D eigenvalue weighted by Crippen LogP contribution is 2.21. The van der Waals surface area contributed by atoms with E-state index in [2.05, 4.69) is 4.98 Å². The van der Waals surface area contributed by atoms with Crippen LogP contribution in [0.4, 0.5) is 0 Å². The second-order valence-corrected chi connectivity index (χ2v) is 9.02. The second kappa shape index (κ2) is 8.70. The van der Waals surface area contributed by atoms with E-state index >= 15 is 0 Å². The van der Waals surface area contributed by atoms with Crippen molar-refractivity contribution in [1.29, 1.82) is 0 Å². The van der Waals surface area contributed by atoms with Gasteiger partial charge in [0.2, 0.25) is 10.0 Å². The molecule has 0 spiro atoms. The molecule has 1 amide bonds. The van der Waals surface area contributed by atoms with Gasteiger partial charge in [-0.25, -0.2) is 12.7 Å². The predicted octanol–water partition coefficient (Wildman–Crippen LogP) is 2.16. The Morgan fingerprint density at radius 2 is 2.00 bits per heavy atom. The molecule has 0 bridgehead atoms. The number of ether oxygens (including phenoxy) is 1. The Balaban J connectivity index is 1.59. The molecule has 3 rings (SSSR count). The molecule has 28 heavy (non-hydrogen) atoms. The molecule has 7 nitrogen and oxygen atoms in total. The van der Waals surface area contributed by atoms with E-state index in [0.717, 1.165) is 5.56 Å². The predicted molar refractivity (Wildman–Crippen MR) is 107 cm³/mol. The normalized spacial score (nSPS) is 15.6. The Morgan fingerprint density at radius 3 is 2.64 bits per heavy atom. The number of piperidine rings is 1. The van der Waals surface area contributed by atoms with Gasteiger partial charge in [0.15, 0.2) is 0 Å². The molecule has 0 atom stereocenters. The first-order chi connectivity index (χ1) is 13.3. The average molecular weight is 404 g/mol. The largest absolute Gasteiger partial charge is 0.489 e. The third kappa shape index (κ3) is 5.08. The fraction of sp³-hybridized carbons (Fsp3) is 0.400. The summed E-state index contributed by atoms with van der Waals surface area (Å²) in [5.74, 6) is 0.564. The lowest BCUT2D eigenvalue weighted by atomic mass is 10.0. The van der Waals surface area contributed by atoms with Crippen LogP contribution in [0.1, 0.15) is 28.8 Å². The van der Waals surface area contributed by atoms with Crippen LogP contribution >= 0.6 is 0 Å². The number of amides is 1. The van der Waals surface area contributed by atoms with Crippen molar-refractivity contribution in [3.63, 3.8) is 0 Å². The number of carbonyl (C=O) groups is 1. The Hall–Kier alpha value is -2.45. The van der Waals surface area contributed by atoms with E-state index in [1.54, 1.807) is 42.5 Å². The molecule has 0 aliphatic carbocycles. The summed E-state index contributed by atoms with van der Waals surface area (Å²) in [7, 11) is -1.62. The monoisotopic (exact) mass is 403 g/mol. The summed E-state index contributed by atoms with van der Waals surface area (Å²) in [6.07, 6.45) is 5.92. The van der Waals surface area contributed by atoms with Crippen molar-refractivity contribution < 1.29 is 17.9 Å². The van der Waals surface area contributed by atoms with E-state index in [0.29, 0.717) is 43.9 Å². The molecule has 1 aromatic carbocycles. The van der Waals surface area contributed by atoms with E-state index < -0.39 is 10.0 Å². The van der Waals surface area contributed by atoms with Crippen molar-refractivity contribution in [2.45, 2.75) is 25.5 Å². The maximum Gasteiger partial charge on any atom is 0.253 e. The van der Waals surface area contributed by atoms with Gasteiger partial charge in [-0.15, -0.1) is 0 Å². The van der Waals surface area contributed by atoms with Crippen LogP contribution in [0.25, 0.3) is 0 Å². The molecule has 1 aromatic heterocycles. The average Bonchev–Trinajstić information content (AvgIpc) is 2.71. The summed E-state index contributed by atoms with van der Waals surface area (Å²) in [4.78, 5) is 18.7. The maximum absolute atomic E-state index is 12.8. The highest BCUT2D eigenvalue weighted by molar-refractivity contribution is 7.88. The number of nitrogens with zero attached hydrogens (tertiary/aromatic N) is 3. The van der Waals surface area contributed by atoms with Crippen molar-refractivity contribution in [2.24, 2.45) is 0 Å². The first kappa shape index (κ1) is 20.3. The van der Waals surface area contributed by atoms with Gasteiger partial charge in [-0.2, -0.15) is 0 Å². The van der Waals surface area contributed by atoms with Crippen LogP contribution in [-0.2, 0) is 16.6 Å². The number of pyridine rings is 1. The van der Waals surface area contributed by atoms with E-state index in [4.69, 9.17) is 4.74 Å². The third-order valence-corrected chi connectivity index (χ3v) is 6.34.